The number of anilines is 1. The lowest BCUT2D eigenvalue weighted by molar-refractivity contribution is -0.140. The first-order chi connectivity index (χ1) is 20.7. The van der Waals surface area contributed by atoms with Crippen molar-refractivity contribution in [3.8, 4) is 11.1 Å². The van der Waals surface area contributed by atoms with Crippen molar-refractivity contribution in [2.24, 2.45) is 5.10 Å². The summed E-state index contributed by atoms with van der Waals surface area (Å²) in [7, 11) is -2.61. The van der Waals surface area contributed by atoms with Crippen LogP contribution in [0.5, 0.6) is 0 Å². The van der Waals surface area contributed by atoms with Crippen LogP contribution in [-0.2, 0) is 28.9 Å². The molecule has 0 aliphatic heterocycles. The summed E-state index contributed by atoms with van der Waals surface area (Å²) in [5.74, 6) is -0.517. The van der Waals surface area contributed by atoms with Crippen molar-refractivity contribution in [2.75, 3.05) is 18.7 Å². The van der Waals surface area contributed by atoms with Gasteiger partial charge in [-0.1, -0.05) is 24.3 Å². The van der Waals surface area contributed by atoms with Crippen molar-refractivity contribution in [1.29, 1.82) is 0 Å². The zero-order valence-electron chi connectivity index (χ0n) is 25.6. The van der Waals surface area contributed by atoms with Crippen LogP contribution < -0.4 is 10.7 Å². The van der Waals surface area contributed by atoms with Gasteiger partial charge in [-0.05, 0) is 82.2 Å². The Bertz CT molecular complexity index is 1640. The molecule has 236 valence electrons. The average Bonchev–Trinajstić information content (AvgIpc) is 3.38. The lowest BCUT2D eigenvalue weighted by Crippen LogP contribution is -2.29. The molecule has 0 saturated carbocycles. The van der Waals surface area contributed by atoms with Gasteiger partial charge in [-0.2, -0.15) is 5.10 Å². The van der Waals surface area contributed by atoms with E-state index in [1.807, 2.05) is 19.1 Å². The summed E-state index contributed by atoms with van der Waals surface area (Å²) in [5.41, 5.74) is 4.38. The van der Waals surface area contributed by atoms with Gasteiger partial charge in [-0.25, -0.2) is 18.6 Å². The minimum absolute atomic E-state index is 0.0989. The maximum atomic E-state index is 13.9. The third-order valence-electron chi connectivity index (χ3n) is 6.15. The smallest absolute Gasteiger partial charge is 0.428 e. The number of nitrogens with zero attached hydrogens (tertiary/aromatic N) is 1. The molecule has 2 N–H and O–H groups in total. The molecular weight excluding hydrogens is 623 g/mol. The Hall–Kier alpha value is -3.68. The maximum Gasteiger partial charge on any atom is 0.428 e. The van der Waals surface area contributed by atoms with Gasteiger partial charge in [0.05, 0.1) is 27.3 Å². The van der Waals surface area contributed by atoms with Crippen molar-refractivity contribution in [2.45, 2.75) is 73.0 Å². The Balaban J connectivity index is 1.85. The number of amides is 2. The number of ether oxygens (including phenoxy) is 2. The average molecular weight is 660 g/mol. The van der Waals surface area contributed by atoms with Gasteiger partial charge in [0, 0.05) is 29.0 Å². The number of benzene rings is 2. The molecule has 13 heteroatoms. The number of hydrogen-bond acceptors (Lipinski definition) is 10. The minimum atomic E-state index is -3.94. The second-order valence-corrected chi connectivity index (χ2v) is 14.8. The molecule has 2 aromatic carbocycles. The SMILES string of the molecule is COC(=O)CCCCC(=O)Nc1cccc(C)c1-c1cccc(S(=O)(=O)c2cc(C=NNC(=O)OC(C)(C)C)sc2SC)c1. The Kier molecular flexibility index (Phi) is 12.1. The number of thioether (sulfide) groups is 1. The van der Waals surface area contributed by atoms with E-state index in [0.29, 0.717) is 38.7 Å². The second-order valence-electron chi connectivity index (χ2n) is 10.7. The van der Waals surface area contributed by atoms with Gasteiger partial charge in [0.2, 0.25) is 15.7 Å². The van der Waals surface area contributed by atoms with E-state index in [0.717, 1.165) is 5.56 Å². The van der Waals surface area contributed by atoms with E-state index < -0.39 is 21.5 Å². The van der Waals surface area contributed by atoms with Crippen molar-refractivity contribution < 1.29 is 32.3 Å². The molecular formula is C31H37N3O7S3. The summed E-state index contributed by atoms with van der Waals surface area (Å²) in [6.45, 7) is 7.10. The lowest BCUT2D eigenvalue weighted by Gasteiger charge is -2.18. The largest absolute Gasteiger partial charge is 0.469 e. The zero-order chi connectivity index (χ0) is 32.5. The number of hydrazone groups is 1. The number of carbonyl (C=O) groups is 3. The number of unbranched alkanes of at least 4 members (excludes halogenated alkanes) is 1. The highest BCUT2D eigenvalue weighted by molar-refractivity contribution is 8.01. The number of rotatable bonds is 12. The molecule has 0 spiro atoms. The number of carbonyl (C=O) groups excluding carboxylic acids is 3. The first-order valence-electron chi connectivity index (χ1n) is 13.8. The van der Waals surface area contributed by atoms with Crippen LogP contribution in [0.1, 0.15) is 56.9 Å². The number of sulfone groups is 1. The molecule has 0 radical (unpaired) electrons. The fourth-order valence-corrected chi connectivity index (χ4v) is 8.13. The van der Waals surface area contributed by atoms with Gasteiger partial charge in [-0.3, -0.25) is 9.59 Å². The molecule has 0 aliphatic rings. The van der Waals surface area contributed by atoms with Crippen LogP contribution in [0.3, 0.4) is 0 Å². The minimum Gasteiger partial charge on any atom is -0.469 e. The van der Waals surface area contributed by atoms with Crippen molar-refractivity contribution in [3.63, 3.8) is 0 Å². The topological polar surface area (TPSA) is 140 Å². The van der Waals surface area contributed by atoms with Crippen LogP contribution in [0.2, 0.25) is 0 Å². The van der Waals surface area contributed by atoms with E-state index in [-0.39, 0.29) is 34.5 Å². The first-order valence-corrected chi connectivity index (χ1v) is 17.3. The number of nitrogens with one attached hydrogen (secondary N) is 2. The molecule has 3 aromatic rings. The fraction of sp³-hybridized carbons (Fsp3) is 0.355. The van der Waals surface area contributed by atoms with E-state index in [1.54, 1.807) is 51.3 Å². The van der Waals surface area contributed by atoms with E-state index in [2.05, 4.69) is 20.6 Å². The van der Waals surface area contributed by atoms with E-state index in [4.69, 9.17) is 4.74 Å². The Morgan fingerprint density at radius 1 is 1.05 bits per heavy atom. The monoisotopic (exact) mass is 659 g/mol. The quantitative estimate of drug-likeness (QED) is 0.0711. The Morgan fingerprint density at radius 3 is 2.43 bits per heavy atom. The summed E-state index contributed by atoms with van der Waals surface area (Å²) in [4.78, 5) is 36.7. The first kappa shape index (κ1) is 34.8. The van der Waals surface area contributed by atoms with Crippen molar-refractivity contribution in [1.82, 2.24) is 5.43 Å². The molecule has 10 nitrogen and oxygen atoms in total. The third-order valence-corrected chi connectivity index (χ3v) is 10.4. The molecule has 0 unspecified atom stereocenters. The molecule has 0 aliphatic carbocycles. The number of esters is 1. The van der Waals surface area contributed by atoms with Crippen LogP contribution in [0.15, 0.2) is 67.6 Å². The molecule has 44 heavy (non-hydrogen) atoms. The van der Waals surface area contributed by atoms with Crippen molar-refractivity contribution >= 4 is 62.8 Å². The highest BCUT2D eigenvalue weighted by Gasteiger charge is 2.25. The molecule has 3 rings (SSSR count). The number of aryl methyl sites for hydroxylation is 1. The molecule has 2 amide bonds. The summed E-state index contributed by atoms with van der Waals surface area (Å²) in [6, 6.07) is 13.6. The van der Waals surface area contributed by atoms with Gasteiger partial charge in [0.25, 0.3) is 0 Å². The molecule has 1 aromatic heterocycles. The zero-order valence-corrected chi connectivity index (χ0v) is 28.0. The van der Waals surface area contributed by atoms with Gasteiger partial charge in [-0.15, -0.1) is 23.1 Å². The second kappa shape index (κ2) is 15.4. The molecule has 0 fully saturated rings. The summed E-state index contributed by atoms with van der Waals surface area (Å²) >= 11 is 2.54. The third kappa shape index (κ3) is 9.66. The Labute approximate surface area is 266 Å². The summed E-state index contributed by atoms with van der Waals surface area (Å²) in [5, 5.41) is 6.85. The summed E-state index contributed by atoms with van der Waals surface area (Å²) < 4.78 is 38.1. The normalized spacial score (nSPS) is 11.8. The maximum absolute atomic E-state index is 13.9. The van der Waals surface area contributed by atoms with E-state index in [9.17, 15) is 22.8 Å². The highest BCUT2D eigenvalue weighted by Crippen LogP contribution is 2.38. The molecule has 0 saturated heterocycles. The summed E-state index contributed by atoms with van der Waals surface area (Å²) in [6.07, 6.45) is 3.99. The van der Waals surface area contributed by atoms with Crippen LogP contribution in [-0.4, -0.2) is 51.6 Å². The van der Waals surface area contributed by atoms with Gasteiger partial charge < -0.3 is 14.8 Å². The molecule has 1 heterocycles. The van der Waals surface area contributed by atoms with Crippen LogP contribution in [0.4, 0.5) is 10.5 Å². The van der Waals surface area contributed by atoms with Crippen molar-refractivity contribution in [3.05, 3.63) is 59.0 Å². The van der Waals surface area contributed by atoms with Crippen LogP contribution in [0.25, 0.3) is 11.1 Å². The standard InChI is InChI=1S/C31H37N3O7S3/c1-20-11-9-14-24(33-26(35)15-7-8-16-27(36)40-5)28(20)21-12-10-13-23(17-21)44(38,39)25-18-22(43-29(25)42-6)19-32-34-30(37)41-31(2,3)4/h9-14,17-19H,7-8,15-16H2,1-6H3,(H,33,35)(H,34,37). The number of hydrogen-bond donors (Lipinski definition) is 2. The van der Waals surface area contributed by atoms with Gasteiger partial charge in [0.15, 0.2) is 0 Å². The Morgan fingerprint density at radius 2 is 1.75 bits per heavy atom. The van der Waals surface area contributed by atoms with Crippen LogP contribution in [0, 0.1) is 6.92 Å². The predicted octanol–water partition coefficient (Wildman–Crippen LogP) is 6.81. The predicted molar refractivity (Wildman–Crippen MR) is 174 cm³/mol. The highest BCUT2D eigenvalue weighted by atomic mass is 32.2. The van der Waals surface area contributed by atoms with Gasteiger partial charge in [0.1, 0.15) is 5.60 Å². The fourth-order valence-electron chi connectivity index (χ4n) is 4.19. The number of methoxy groups -OCH3 is 1. The number of thiophene rings is 1. The lowest BCUT2D eigenvalue weighted by atomic mass is 9.98. The van der Waals surface area contributed by atoms with Gasteiger partial charge >= 0.3 is 12.1 Å². The van der Waals surface area contributed by atoms with E-state index in [1.165, 1.54) is 48.6 Å². The van der Waals surface area contributed by atoms with Crippen LogP contribution >= 0.6 is 23.1 Å². The molecule has 0 bridgehead atoms. The molecule has 0 atom stereocenters. The van der Waals surface area contributed by atoms with E-state index >= 15 is 0 Å².